The Bertz CT molecular complexity index is 895. The van der Waals surface area contributed by atoms with Crippen LogP contribution in [0.1, 0.15) is 34.6 Å². The number of carbonyl (C=O) groups is 2. The van der Waals surface area contributed by atoms with Crippen molar-refractivity contribution in [1.29, 1.82) is 0 Å². The molecular weight excluding hydrogens is 392 g/mol. The maximum Gasteiger partial charge on any atom is 0.341 e. The number of amides is 1. The van der Waals surface area contributed by atoms with Crippen molar-refractivity contribution in [3.63, 3.8) is 0 Å². The smallest absolute Gasteiger partial charge is 0.341 e. The van der Waals surface area contributed by atoms with Crippen molar-refractivity contribution < 1.29 is 23.8 Å². The SMILES string of the molecule is CCOC(=O)c1c(NC(=O)C(C)Oc2cccc(OC)c2)sc2c1CCN(C)C2. The Morgan fingerprint density at radius 2 is 2.07 bits per heavy atom. The number of rotatable bonds is 7. The van der Waals surface area contributed by atoms with Crippen molar-refractivity contribution in [1.82, 2.24) is 4.90 Å². The van der Waals surface area contributed by atoms with Crippen LogP contribution in [0.5, 0.6) is 11.5 Å². The Labute approximate surface area is 174 Å². The van der Waals surface area contributed by atoms with Gasteiger partial charge in [0.2, 0.25) is 0 Å². The molecule has 0 aliphatic carbocycles. The summed E-state index contributed by atoms with van der Waals surface area (Å²) in [6, 6.07) is 7.07. The van der Waals surface area contributed by atoms with E-state index in [0.29, 0.717) is 22.1 Å². The monoisotopic (exact) mass is 418 g/mol. The molecule has 1 aliphatic rings. The predicted octanol–water partition coefficient (Wildman–Crippen LogP) is 3.33. The van der Waals surface area contributed by atoms with Gasteiger partial charge in [-0.25, -0.2) is 4.79 Å². The quantitative estimate of drug-likeness (QED) is 0.695. The Hall–Kier alpha value is -2.58. The van der Waals surface area contributed by atoms with E-state index in [1.54, 1.807) is 45.2 Å². The fraction of sp³-hybridized carbons (Fsp3) is 0.429. The number of hydrogen-bond donors (Lipinski definition) is 1. The second-order valence-corrected chi connectivity index (χ2v) is 7.95. The lowest BCUT2D eigenvalue weighted by Gasteiger charge is -2.22. The Balaban J connectivity index is 1.79. The standard InChI is InChI=1S/C21H26N2O5S/c1-5-27-21(25)18-16-9-10-23(3)12-17(16)29-20(18)22-19(24)13(2)28-15-8-6-7-14(11-15)26-4/h6-8,11,13H,5,9-10,12H2,1-4H3,(H,22,24). The minimum absolute atomic E-state index is 0.284. The number of ether oxygens (including phenoxy) is 3. The molecule has 1 unspecified atom stereocenters. The van der Waals surface area contributed by atoms with Crippen LogP contribution in [0.3, 0.4) is 0 Å². The second kappa shape index (κ2) is 9.28. The van der Waals surface area contributed by atoms with Crippen molar-refractivity contribution in [2.75, 3.05) is 32.6 Å². The molecule has 29 heavy (non-hydrogen) atoms. The molecule has 2 aromatic rings. The third kappa shape index (κ3) is 4.89. The first kappa shape index (κ1) is 21.1. The van der Waals surface area contributed by atoms with Crippen molar-refractivity contribution in [3.8, 4) is 11.5 Å². The van der Waals surface area contributed by atoms with E-state index in [1.807, 2.05) is 7.05 Å². The van der Waals surface area contributed by atoms with Gasteiger partial charge in [0, 0.05) is 24.0 Å². The van der Waals surface area contributed by atoms with Gasteiger partial charge in [0.05, 0.1) is 19.3 Å². The molecule has 0 saturated carbocycles. The highest BCUT2D eigenvalue weighted by atomic mass is 32.1. The van der Waals surface area contributed by atoms with E-state index in [4.69, 9.17) is 14.2 Å². The lowest BCUT2D eigenvalue weighted by Crippen LogP contribution is -2.30. The average molecular weight is 419 g/mol. The highest BCUT2D eigenvalue weighted by Gasteiger charge is 2.29. The van der Waals surface area contributed by atoms with Crippen LogP contribution in [0.25, 0.3) is 0 Å². The minimum Gasteiger partial charge on any atom is -0.497 e. The molecule has 1 atom stereocenters. The zero-order valence-electron chi connectivity index (χ0n) is 17.1. The van der Waals surface area contributed by atoms with E-state index in [1.165, 1.54) is 11.3 Å². The molecule has 0 bridgehead atoms. The molecule has 7 nitrogen and oxygen atoms in total. The first-order valence-corrected chi connectivity index (χ1v) is 10.4. The van der Waals surface area contributed by atoms with Crippen molar-refractivity contribution in [2.45, 2.75) is 32.9 Å². The van der Waals surface area contributed by atoms with Gasteiger partial charge in [-0.1, -0.05) is 6.07 Å². The van der Waals surface area contributed by atoms with Crippen LogP contribution in [-0.2, 0) is 22.5 Å². The lowest BCUT2D eigenvalue weighted by atomic mass is 10.0. The molecule has 1 aromatic heterocycles. The first-order chi connectivity index (χ1) is 13.9. The molecule has 8 heteroatoms. The second-order valence-electron chi connectivity index (χ2n) is 6.84. The Morgan fingerprint density at radius 3 is 2.79 bits per heavy atom. The van der Waals surface area contributed by atoms with Gasteiger partial charge in [-0.2, -0.15) is 0 Å². The zero-order chi connectivity index (χ0) is 21.0. The summed E-state index contributed by atoms with van der Waals surface area (Å²) in [5.74, 6) is 0.455. The molecule has 1 N–H and O–H groups in total. The predicted molar refractivity (Wildman–Crippen MR) is 112 cm³/mol. The number of esters is 1. The highest BCUT2D eigenvalue weighted by molar-refractivity contribution is 7.17. The van der Waals surface area contributed by atoms with E-state index in [-0.39, 0.29) is 12.5 Å². The van der Waals surface area contributed by atoms with E-state index < -0.39 is 12.1 Å². The molecule has 0 fully saturated rings. The number of thiophene rings is 1. The van der Waals surface area contributed by atoms with Gasteiger partial charge in [0.1, 0.15) is 16.5 Å². The number of hydrogen-bond acceptors (Lipinski definition) is 7. The van der Waals surface area contributed by atoms with Crippen LogP contribution in [0.4, 0.5) is 5.00 Å². The van der Waals surface area contributed by atoms with Gasteiger partial charge in [-0.05, 0) is 45.0 Å². The molecule has 1 aromatic carbocycles. The third-order valence-corrected chi connectivity index (χ3v) is 5.82. The summed E-state index contributed by atoms with van der Waals surface area (Å²) in [6.45, 7) is 5.33. The molecular formula is C21H26N2O5S. The topological polar surface area (TPSA) is 77.1 Å². The third-order valence-electron chi connectivity index (χ3n) is 4.69. The highest BCUT2D eigenvalue weighted by Crippen LogP contribution is 2.37. The maximum atomic E-state index is 12.8. The Morgan fingerprint density at radius 1 is 1.31 bits per heavy atom. The van der Waals surface area contributed by atoms with Crippen LogP contribution >= 0.6 is 11.3 Å². The van der Waals surface area contributed by atoms with Gasteiger partial charge >= 0.3 is 5.97 Å². The van der Waals surface area contributed by atoms with E-state index in [0.717, 1.165) is 30.0 Å². The Kier molecular flexibility index (Phi) is 6.76. The van der Waals surface area contributed by atoms with Gasteiger partial charge in [-0.15, -0.1) is 11.3 Å². The molecule has 0 radical (unpaired) electrons. The minimum atomic E-state index is -0.751. The molecule has 0 saturated heterocycles. The largest absolute Gasteiger partial charge is 0.497 e. The summed E-state index contributed by atoms with van der Waals surface area (Å²) >= 11 is 1.43. The van der Waals surface area contributed by atoms with Gasteiger partial charge in [-0.3, -0.25) is 4.79 Å². The molecule has 0 spiro atoms. The summed E-state index contributed by atoms with van der Waals surface area (Å²) in [7, 11) is 3.61. The molecule has 3 rings (SSSR count). The number of nitrogens with zero attached hydrogens (tertiary/aromatic N) is 1. The number of methoxy groups -OCH3 is 1. The van der Waals surface area contributed by atoms with Crippen LogP contribution in [0.2, 0.25) is 0 Å². The number of benzene rings is 1. The van der Waals surface area contributed by atoms with Crippen LogP contribution < -0.4 is 14.8 Å². The zero-order valence-corrected chi connectivity index (χ0v) is 17.9. The molecule has 1 aliphatic heterocycles. The number of carbonyl (C=O) groups excluding carboxylic acids is 2. The molecule has 156 valence electrons. The summed E-state index contributed by atoms with van der Waals surface area (Å²) in [5.41, 5.74) is 1.45. The van der Waals surface area contributed by atoms with Crippen molar-refractivity contribution in [2.24, 2.45) is 0 Å². The van der Waals surface area contributed by atoms with Gasteiger partial charge in [0.15, 0.2) is 6.10 Å². The fourth-order valence-corrected chi connectivity index (χ4v) is 4.50. The average Bonchev–Trinajstić information content (AvgIpc) is 3.05. The summed E-state index contributed by atoms with van der Waals surface area (Å²) in [5, 5.41) is 3.40. The van der Waals surface area contributed by atoms with Crippen molar-refractivity contribution in [3.05, 3.63) is 40.3 Å². The lowest BCUT2D eigenvalue weighted by molar-refractivity contribution is -0.122. The molecule has 1 amide bonds. The van der Waals surface area contributed by atoms with E-state index in [9.17, 15) is 9.59 Å². The number of nitrogens with one attached hydrogen (secondary N) is 1. The van der Waals surface area contributed by atoms with E-state index >= 15 is 0 Å². The number of fused-ring (bicyclic) bond motifs is 1. The fourth-order valence-electron chi connectivity index (χ4n) is 3.18. The van der Waals surface area contributed by atoms with Crippen LogP contribution in [0.15, 0.2) is 24.3 Å². The van der Waals surface area contributed by atoms with Crippen LogP contribution in [0, 0.1) is 0 Å². The summed E-state index contributed by atoms with van der Waals surface area (Å²) in [4.78, 5) is 28.6. The van der Waals surface area contributed by atoms with Gasteiger partial charge < -0.3 is 24.4 Å². The molecule has 2 heterocycles. The normalized spacial score (nSPS) is 14.6. The van der Waals surface area contributed by atoms with Crippen LogP contribution in [-0.4, -0.2) is 50.2 Å². The number of anilines is 1. The van der Waals surface area contributed by atoms with E-state index in [2.05, 4.69) is 10.2 Å². The summed E-state index contributed by atoms with van der Waals surface area (Å²) < 4.78 is 16.2. The van der Waals surface area contributed by atoms with Gasteiger partial charge in [0.25, 0.3) is 5.91 Å². The maximum absolute atomic E-state index is 12.8. The van der Waals surface area contributed by atoms with Crippen molar-refractivity contribution >= 4 is 28.2 Å². The number of likely N-dealkylation sites (N-methyl/N-ethyl adjacent to an activating group) is 1. The first-order valence-electron chi connectivity index (χ1n) is 9.54. The summed E-state index contributed by atoms with van der Waals surface area (Å²) in [6.07, 6.45) is 0.00123.